The van der Waals surface area contributed by atoms with E-state index in [-0.39, 0.29) is 0 Å². The van der Waals surface area contributed by atoms with Crippen LogP contribution in [0.2, 0.25) is 0 Å². The summed E-state index contributed by atoms with van der Waals surface area (Å²) in [6.07, 6.45) is 0. The summed E-state index contributed by atoms with van der Waals surface area (Å²) < 4.78 is 0. The molecule has 0 saturated carbocycles. The SMILES string of the molecule is c1ccc(-c2cc(-c3ccc(-c4cc5ccccc5c5ccccc45)cc3)c3ccc4cccc5ccc2c3c54)cc1. The van der Waals surface area contributed by atoms with Crippen molar-refractivity contribution in [2.45, 2.75) is 0 Å². The van der Waals surface area contributed by atoms with Gasteiger partial charge in [-0.15, -0.1) is 0 Å². The Morgan fingerprint density at radius 2 is 0.738 bits per heavy atom. The highest BCUT2D eigenvalue weighted by molar-refractivity contribution is 6.28. The highest BCUT2D eigenvalue weighted by Crippen LogP contribution is 2.44. The molecule has 0 heterocycles. The van der Waals surface area contributed by atoms with E-state index in [1.807, 2.05) is 0 Å². The Morgan fingerprint density at radius 3 is 1.40 bits per heavy atom. The first-order chi connectivity index (χ1) is 20.8. The van der Waals surface area contributed by atoms with Crippen LogP contribution in [-0.4, -0.2) is 0 Å². The Labute approximate surface area is 244 Å². The molecule has 42 heavy (non-hydrogen) atoms. The fourth-order valence-corrected chi connectivity index (χ4v) is 7.05. The monoisotopic (exact) mass is 530 g/mol. The molecule has 0 aromatic heterocycles. The van der Waals surface area contributed by atoms with Crippen molar-refractivity contribution < 1.29 is 0 Å². The van der Waals surface area contributed by atoms with Crippen LogP contribution in [0.15, 0.2) is 158 Å². The average Bonchev–Trinajstić information content (AvgIpc) is 3.07. The van der Waals surface area contributed by atoms with Crippen LogP contribution in [0.3, 0.4) is 0 Å². The summed E-state index contributed by atoms with van der Waals surface area (Å²) in [6.45, 7) is 0. The Kier molecular flexibility index (Phi) is 5.00. The predicted octanol–water partition coefficient (Wildman–Crippen LogP) is 11.9. The molecule has 0 bridgehead atoms. The fraction of sp³-hybridized carbons (Fsp3) is 0. The van der Waals surface area contributed by atoms with E-state index in [0.29, 0.717) is 0 Å². The molecular formula is C42H26. The third-order valence-electron chi connectivity index (χ3n) is 9.01. The summed E-state index contributed by atoms with van der Waals surface area (Å²) in [5, 5.41) is 13.1. The smallest absolute Gasteiger partial charge is 0.00143 e. The number of rotatable bonds is 3. The molecule has 0 heteroatoms. The van der Waals surface area contributed by atoms with E-state index in [0.717, 1.165) is 0 Å². The van der Waals surface area contributed by atoms with Gasteiger partial charge in [0.25, 0.3) is 0 Å². The van der Waals surface area contributed by atoms with Gasteiger partial charge < -0.3 is 0 Å². The molecule has 0 nitrogen and oxygen atoms in total. The van der Waals surface area contributed by atoms with E-state index < -0.39 is 0 Å². The van der Waals surface area contributed by atoms with Gasteiger partial charge in [0, 0.05) is 0 Å². The van der Waals surface area contributed by atoms with E-state index in [2.05, 4.69) is 158 Å². The fourth-order valence-electron chi connectivity index (χ4n) is 7.05. The Bertz CT molecular complexity index is 2410. The van der Waals surface area contributed by atoms with E-state index in [4.69, 9.17) is 0 Å². The zero-order valence-corrected chi connectivity index (χ0v) is 23.0. The summed E-state index contributed by atoms with van der Waals surface area (Å²) in [7, 11) is 0. The number of hydrogen-bond donors (Lipinski definition) is 0. The molecule has 194 valence electrons. The van der Waals surface area contributed by atoms with Crippen LogP contribution in [0.4, 0.5) is 0 Å². The molecular weight excluding hydrogens is 504 g/mol. The first-order valence-electron chi connectivity index (χ1n) is 14.6. The highest BCUT2D eigenvalue weighted by Gasteiger charge is 2.17. The second-order valence-corrected chi connectivity index (χ2v) is 11.3. The molecule has 0 unspecified atom stereocenters. The maximum atomic E-state index is 2.40. The number of fused-ring (bicyclic) bond motifs is 3. The van der Waals surface area contributed by atoms with Gasteiger partial charge in [-0.1, -0.05) is 146 Å². The van der Waals surface area contributed by atoms with Crippen LogP contribution < -0.4 is 0 Å². The van der Waals surface area contributed by atoms with Gasteiger partial charge in [0.2, 0.25) is 0 Å². The van der Waals surface area contributed by atoms with Gasteiger partial charge >= 0.3 is 0 Å². The van der Waals surface area contributed by atoms with Crippen molar-refractivity contribution in [1.29, 1.82) is 0 Å². The van der Waals surface area contributed by atoms with Gasteiger partial charge in [-0.05, 0) is 99.4 Å². The summed E-state index contributed by atoms with van der Waals surface area (Å²) in [6, 6.07) is 58.1. The summed E-state index contributed by atoms with van der Waals surface area (Å²) in [5.74, 6) is 0. The Morgan fingerprint density at radius 1 is 0.238 bits per heavy atom. The van der Waals surface area contributed by atoms with Crippen molar-refractivity contribution in [2.75, 3.05) is 0 Å². The molecule has 0 amide bonds. The van der Waals surface area contributed by atoms with E-state index in [1.165, 1.54) is 87.2 Å². The zero-order chi connectivity index (χ0) is 27.6. The van der Waals surface area contributed by atoms with Gasteiger partial charge in [0.15, 0.2) is 0 Å². The predicted molar refractivity (Wildman–Crippen MR) is 181 cm³/mol. The topological polar surface area (TPSA) is 0 Å². The highest BCUT2D eigenvalue weighted by atomic mass is 14.2. The maximum Gasteiger partial charge on any atom is -0.00143 e. The van der Waals surface area contributed by atoms with Crippen molar-refractivity contribution in [2.24, 2.45) is 0 Å². The standard InChI is InChI=1S/C42H26/c1-2-9-27(10-3-1)39-26-40(37-24-22-31-13-8-12-30-21-23-36(39)42(37)41(30)31)29-19-17-28(18-20-29)38-25-32-11-4-5-14-33(32)34-15-6-7-16-35(34)38/h1-26H. The molecule has 0 aliphatic carbocycles. The molecule has 0 saturated heterocycles. The molecule has 0 fully saturated rings. The normalized spacial score (nSPS) is 11.8. The van der Waals surface area contributed by atoms with Gasteiger partial charge in [-0.2, -0.15) is 0 Å². The van der Waals surface area contributed by atoms with Crippen LogP contribution in [0.1, 0.15) is 0 Å². The van der Waals surface area contributed by atoms with Crippen molar-refractivity contribution in [3.05, 3.63) is 158 Å². The summed E-state index contributed by atoms with van der Waals surface area (Å²) >= 11 is 0. The molecule has 0 radical (unpaired) electrons. The van der Waals surface area contributed by atoms with Gasteiger partial charge in [-0.3, -0.25) is 0 Å². The zero-order valence-electron chi connectivity index (χ0n) is 23.0. The Balaban J connectivity index is 1.29. The molecule has 0 aliphatic heterocycles. The maximum absolute atomic E-state index is 2.40. The van der Waals surface area contributed by atoms with Crippen LogP contribution in [-0.2, 0) is 0 Å². The minimum atomic E-state index is 1.24. The van der Waals surface area contributed by atoms with E-state index >= 15 is 0 Å². The number of benzene rings is 9. The number of hydrogen-bond acceptors (Lipinski definition) is 0. The quantitative estimate of drug-likeness (QED) is 0.199. The van der Waals surface area contributed by atoms with Crippen LogP contribution in [0.5, 0.6) is 0 Å². The third-order valence-corrected chi connectivity index (χ3v) is 9.01. The average molecular weight is 531 g/mol. The molecule has 0 N–H and O–H groups in total. The van der Waals surface area contributed by atoms with E-state index in [9.17, 15) is 0 Å². The summed E-state index contributed by atoms with van der Waals surface area (Å²) in [5.41, 5.74) is 7.54. The lowest BCUT2D eigenvalue weighted by Gasteiger charge is -2.18. The lowest BCUT2D eigenvalue weighted by atomic mass is 9.85. The molecule has 0 spiro atoms. The van der Waals surface area contributed by atoms with Gasteiger partial charge in [0.1, 0.15) is 0 Å². The molecule has 0 aliphatic rings. The lowest BCUT2D eigenvalue weighted by Crippen LogP contribution is -1.91. The first-order valence-corrected chi connectivity index (χ1v) is 14.6. The summed E-state index contributed by atoms with van der Waals surface area (Å²) in [4.78, 5) is 0. The van der Waals surface area contributed by atoms with Crippen LogP contribution >= 0.6 is 0 Å². The van der Waals surface area contributed by atoms with Crippen molar-refractivity contribution >= 4 is 53.9 Å². The van der Waals surface area contributed by atoms with Gasteiger partial charge in [-0.25, -0.2) is 0 Å². The molecule has 9 aromatic rings. The third kappa shape index (κ3) is 3.42. The minimum Gasteiger partial charge on any atom is -0.0622 e. The molecule has 9 rings (SSSR count). The van der Waals surface area contributed by atoms with Crippen molar-refractivity contribution in [3.63, 3.8) is 0 Å². The Hall–Kier alpha value is -5.46. The minimum absolute atomic E-state index is 1.24. The lowest BCUT2D eigenvalue weighted by molar-refractivity contribution is 1.62. The van der Waals surface area contributed by atoms with Gasteiger partial charge in [0.05, 0.1) is 0 Å². The largest absolute Gasteiger partial charge is 0.0622 e. The van der Waals surface area contributed by atoms with Crippen LogP contribution in [0, 0.1) is 0 Å². The van der Waals surface area contributed by atoms with Crippen LogP contribution in [0.25, 0.3) is 87.2 Å². The van der Waals surface area contributed by atoms with Crippen molar-refractivity contribution in [3.8, 4) is 33.4 Å². The molecule has 0 atom stereocenters. The first kappa shape index (κ1) is 23.3. The van der Waals surface area contributed by atoms with Crippen molar-refractivity contribution in [1.82, 2.24) is 0 Å². The second-order valence-electron chi connectivity index (χ2n) is 11.3. The molecule has 9 aromatic carbocycles. The second kappa shape index (κ2) is 9.03. The van der Waals surface area contributed by atoms with E-state index in [1.54, 1.807) is 0 Å².